The van der Waals surface area contributed by atoms with E-state index in [1.807, 2.05) is 26.8 Å². The maximum atomic E-state index is 12.5. The van der Waals surface area contributed by atoms with Gasteiger partial charge in [0, 0.05) is 24.2 Å². The molecule has 4 rings (SSSR count). The van der Waals surface area contributed by atoms with Crippen LogP contribution in [0, 0.1) is 17.9 Å². The minimum absolute atomic E-state index is 0.0387. The van der Waals surface area contributed by atoms with E-state index in [-0.39, 0.29) is 55.7 Å². The fourth-order valence-corrected chi connectivity index (χ4v) is 9.89. The van der Waals surface area contributed by atoms with E-state index in [0.29, 0.717) is 47.7 Å². The molecule has 0 spiro atoms. The van der Waals surface area contributed by atoms with Gasteiger partial charge in [-0.2, -0.15) is 5.26 Å². The molecule has 20 heteroatoms. The molecule has 2 aromatic carbocycles. The molecule has 350 valence electrons. The van der Waals surface area contributed by atoms with Gasteiger partial charge in [0.15, 0.2) is 0 Å². The lowest BCUT2D eigenvalue weighted by Gasteiger charge is -2.37. The van der Waals surface area contributed by atoms with Crippen molar-refractivity contribution >= 4 is 51.0 Å². The lowest BCUT2D eigenvalue weighted by Crippen LogP contribution is -2.37. The van der Waals surface area contributed by atoms with E-state index < -0.39 is 52.5 Å². The number of imide groups is 2. The molecule has 4 amide bonds. The van der Waals surface area contributed by atoms with Crippen LogP contribution in [0.5, 0.6) is 0 Å². The van der Waals surface area contributed by atoms with Gasteiger partial charge < -0.3 is 28.6 Å². The van der Waals surface area contributed by atoms with Crippen molar-refractivity contribution in [1.29, 1.82) is 5.26 Å². The number of fused-ring (bicyclic) bond motifs is 2. The van der Waals surface area contributed by atoms with Gasteiger partial charge in [-0.15, -0.1) is 10.1 Å². The summed E-state index contributed by atoms with van der Waals surface area (Å²) in [5.41, 5.74) is 1.23. The minimum Gasteiger partial charge on any atom is -0.394 e. The maximum Gasteiger partial charge on any atom is 0.285 e. The smallest absolute Gasteiger partial charge is 0.285 e. The number of halogens is 1. The lowest BCUT2D eigenvalue weighted by molar-refractivity contribution is -0.121. The van der Waals surface area contributed by atoms with Crippen LogP contribution in [0.1, 0.15) is 130 Å². The number of carbonyl (C=O) groups is 4. The number of hydroxylamine groups is 4. The summed E-state index contributed by atoms with van der Waals surface area (Å²) >= 11 is 6.13. The number of aliphatic hydroxyl groups excluding tert-OH is 2. The second kappa shape index (κ2) is 30.6. The molecule has 0 aromatic heterocycles. The van der Waals surface area contributed by atoms with Crippen LogP contribution >= 0.6 is 27.4 Å². The molecule has 0 saturated heterocycles. The van der Waals surface area contributed by atoms with E-state index in [9.17, 15) is 19.2 Å². The summed E-state index contributed by atoms with van der Waals surface area (Å²) in [6.07, 6.45) is -0.499. The van der Waals surface area contributed by atoms with Gasteiger partial charge in [0.05, 0.1) is 54.1 Å². The van der Waals surface area contributed by atoms with Crippen molar-refractivity contribution in [2.45, 2.75) is 125 Å². The lowest BCUT2D eigenvalue weighted by atomic mass is 10.1. The third-order valence-corrected chi connectivity index (χ3v) is 13.2. The molecule has 0 saturated carbocycles. The summed E-state index contributed by atoms with van der Waals surface area (Å²) in [7, 11) is -2.51. The number of aliphatic hydroxyl groups is 2. The second-order valence-corrected chi connectivity index (χ2v) is 18.0. The molecule has 2 aromatic rings. The Bertz CT molecular complexity index is 1730. The van der Waals surface area contributed by atoms with Crippen LogP contribution in [-0.4, -0.2) is 129 Å². The van der Waals surface area contributed by atoms with Crippen LogP contribution in [0.3, 0.4) is 0 Å². The zero-order chi connectivity index (χ0) is 47.8. The average molecular weight is 939 g/mol. The van der Waals surface area contributed by atoms with E-state index in [0.717, 1.165) is 5.06 Å². The maximum absolute atomic E-state index is 12.5. The van der Waals surface area contributed by atoms with E-state index in [4.69, 9.17) is 56.5 Å². The predicted octanol–water partition coefficient (Wildman–Crippen LogP) is 8.39. The number of rotatable bonds is 22. The van der Waals surface area contributed by atoms with E-state index in [1.54, 1.807) is 36.4 Å². The molecule has 17 nitrogen and oxygen atoms in total. The Morgan fingerprint density at radius 3 is 1.51 bits per heavy atom. The van der Waals surface area contributed by atoms with Gasteiger partial charge in [0.25, 0.3) is 32.2 Å². The quantitative estimate of drug-likeness (QED) is 0.0494. The van der Waals surface area contributed by atoms with Crippen molar-refractivity contribution in [2.24, 2.45) is 0 Å². The van der Waals surface area contributed by atoms with E-state index >= 15 is 0 Å². The molecule has 4 unspecified atom stereocenters. The highest BCUT2D eigenvalue weighted by atomic mass is 35.7. The molecule has 0 aliphatic carbocycles. The molecule has 2 aliphatic heterocycles. The number of hydrogen-bond acceptors (Lipinski definition) is 14. The third kappa shape index (κ3) is 17.8. The number of benzene rings is 2. The van der Waals surface area contributed by atoms with Gasteiger partial charge in [-0.25, -0.2) is 15.9 Å². The summed E-state index contributed by atoms with van der Waals surface area (Å²) < 4.78 is 21.8. The highest BCUT2D eigenvalue weighted by Gasteiger charge is 2.38. The Hall–Kier alpha value is -3.51. The highest BCUT2D eigenvalue weighted by molar-refractivity contribution is 7.78. The van der Waals surface area contributed by atoms with E-state index in [1.165, 1.54) is 12.1 Å². The van der Waals surface area contributed by atoms with Gasteiger partial charge in [-0.3, -0.25) is 28.9 Å². The van der Waals surface area contributed by atoms with Crippen LogP contribution in [0.15, 0.2) is 48.5 Å². The van der Waals surface area contributed by atoms with Gasteiger partial charge in [0.2, 0.25) is 14.2 Å². The monoisotopic (exact) mass is 938 g/mol. The first kappa shape index (κ1) is 57.5. The summed E-state index contributed by atoms with van der Waals surface area (Å²) in [4.78, 5) is 62.2. The van der Waals surface area contributed by atoms with Gasteiger partial charge in [-0.05, 0) is 97.3 Å². The van der Waals surface area contributed by atoms with Crippen LogP contribution in [0.25, 0.3) is 4.85 Å². The predicted molar refractivity (Wildman–Crippen MR) is 243 cm³/mol. The van der Waals surface area contributed by atoms with Crippen molar-refractivity contribution in [3.8, 4) is 6.07 Å². The van der Waals surface area contributed by atoms with Crippen molar-refractivity contribution in [1.82, 2.24) is 19.5 Å². The molecule has 0 fully saturated rings. The Labute approximate surface area is 380 Å². The van der Waals surface area contributed by atoms with Crippen molar-refractivity contribution in [2.75, 3.05) is 39.6 Å². The molecule has 2 aliphatic rings. The molecule has 2 N–H and O–H groups in total. The molecule has 0 radical (unpaired) electrons. The summed E-state index contributed by atoms with van der Waals surface area (Å²) in [6, 6.07) is 16.1. The summed E-state index contributed by atoms with van der Waals surface area (Å²) in [6.45, 7) is 29.7. The van der Waals surface area contributed by atoms with Gasteiger partial charge in [-0.1, -0.05) is 45.0 Å². The van der Waals surface area contributed by atoms with Crippen LogP contribution in [-0.2, 0) is 23.2 Å². The fourth-order valence-electron chi connectivity index (χ4n) is 5.77. The van der Waals surface area contributed by atoms with Crippen molar-refractivity contribution in [3.63, 3.8) is 0 Å². The molecule has 0 bridgehead atoms. The number of nitrogens with zero attached hydrogens (tertiary/aromatic N) is 6. The molecule has 4 atom stereocenters. The first-order valence-electron chi connectivity index (χ1n) is 20.9. The first-order chi connectivity index (χ1) is 30.0. The first-order valence-corrected chi connectivity index (χ1v) is 24.2. The number of amides is 4. The SMILES string of the molecule is CC.CC(C)N(C(C)C)P(Cl)OCCC#N.O=C1c2ccccc2C(=O)N1OCC(O)CO.[C-]#[N+]CCOP(OC(CC)CON1C(=O)c2ccccc2C1=O)N(C(C)C)C(C)C. The molecular formula is C43H65ClN6O11P2. The summed E-state index contributed by atoms with van der Waals surface area (Å²) in [5, 5.41) is 27.4. The number of nitriles is 1. The van der Waals surface area contributed by atoms with Crippen LogP contribution in [0.4, 0.5) is 0 Å². The van der Waals surface area contributed by atoms with E-state index in [2.05, 4.69) is 69.6 Å². The fraction of sp³-hybridized carbons (Fsp3) is 0.581. The zero-order valence-corrected chi connectivity index (χ0v) is 40.8. The Balaban J connectivity index is 0.000000508. The molecule has 63 heavy (non-hydrogen) atoms. The zero-order valence-electron chi connectivity index (χ0n) is 38.3. The van der Waals surface area contributed by atoms with Gasteiger partial charge in [0.1, 0.15) is 25.9 Å². The average Bonchev–Trinajstić information content (AvgIpc) is 3.64. The Kier molecular flexibility index (Phi) is 27.9. The molecule has 2 heterocycles. The standard InChI is InChI=1S/C21H30N3O5P.C11H11NO5.C9H18ClN2OP.C2H6/c1-7-17(29-30(28-13-12-22-6)24(15(2)3)16(4)5)14-27-23-20(25)18-10-8-9-11-19(18)21(23)26;13-5-7(14)6-17-12-10(15)8-3-1-2-4-9(8)11(12)16;1-8(2)12(9(3)4)14(10)13-7-5-6-11;1-2/h8-11,15-17H,7,12-14H2,1-5H3;1-4,7,13-14H,5-6H2;8-9H,5,7H2,1-4H3;1-2H3. The topological polar surface area (TPSA) is 196 Å². The number of hydrogen-bond donors (Lipinski definition) is 2. The normalized spacial score (nSPS) is 15.0. The van der Waals surface area contributed by atoms with Crippen molar-refractivity contribution in [3.05, 3.63) is 82.2 Å². The Morgan fingerprint density at radius 1 is 0.746 bits per heavy atom. The second-order valence-electron chi connectivity index (χ2n) is 14.5. The van der Waals surface area contributed by atoms with Crippen LogP contribution in [0.2, 0.25) is 0 Å². The number of carbonyl (C=O) groups excluding carboxylic acids is 4. The van der Waals surface area contributed by atoms with Crippen molar-refractivity contribution < 1.29 is 52.6 Å². The van der Waals surface area contributed by atoms with Gasteiger partial charge >= 0.3 is 0 Å². The largest absolute Gasteiger partial charge is 0.394 e. The summed E-state index contributed by atoms with van der Waals surface area (Å²) in [5.74, 6) is -2.05. The minimum atomic E-state index is -1.43. The third-order valence-electron chi connectivity index (χ3n) is 8.51. The Morgan fingerprint density at radius 2 is 1.16 bits per heavy atom. The highest BCUT2D eigenvalue weighted by Crippen LogP contribution is 2.49. The van der Waals surface area contributed by atoms with Crippen LogP contribution < -0.4 is 0 Å². The molecular weight excluding hydrogens is 874 g/mol.